The molecule has 0 spiro atoms. The van der Waals surface area contributed by atoms with Gasteiger partial charge in [0.15, 0.2) is 0 Å². The Morgan fingerprint density at radius 1 is 1.10 bits per heavy atom. The molecule has 0 radical (unpaired) electrons. The molecule has 0 aromatic heterocycles. The summed E-state index contributed by atoms with van der Waals surface area (Å²) >= 11 is 3.42. The van der Waals surface area contributed by atoms with Crippen LogP contribution in [-0.4, -0.2) is 17.4 Å². The van der Waals surface area contributed by atoms with E-state index >= 15 is 0 Å². The molecule has 0 fully saturated rings. The van der Waals surface area contributed by atoms with Crippen LogP contribution in [0.2, 0.25) is 0 Å². The second-order valence-electron chi connectivity index (χ2n) is 5.12. The summed E-state index contributed by atoms with van der Waals surface area (Å²) in [7, 11) is 0. The third kappa shape index (κ3) is 2.78. The zero-order valence-electron chi connectivity index (χ0n) is 11.2. The Morgan fingerprint density at radius 3 is 2.70 bits per heavy atom. The van der Waals surface area contributed by atoms with E-state index in [0.29, 0.717) is 0 Å². The van der Waals surface area contributed by atoms with E-state index in [2.05, 4.69) is 40.2 Å². The SMILES string of the molecule is O=C1c2cc(Br)ccc2CN1CCCc1ccccc1. The number of carbonyl (C=O) groups excluding carboxylic acids is 1. The van der Waals surface area contributed by atoms with Crippen molar-refractivity contribution in [1.82, 2.24) is 4.90 Å². The molecule has 0 saturated heterocycles. The number of rotatable bonds is 4. The topological polar surface area (TPSA) is 20.3 Å². The van der Waals surface area contributed by atoms with Gasteiger partial charge in [-0.05, 0) is 36.1 Å². The largest absolute Gasteiger partial charge is 0.334 e. The molecule has 3 rings (SSSR count). The van der Waals surface area contributed by atoms with Gasteiger partial charge >= 0.3 is 0 Å². The molecule has 0 atom stereocenters. The van der Waals surface area contributed by atoms with Crippen molar-refractivity contribution in [2.75, 3.05) is 6.54 Å². The molecule has 0 aliphatic carbocycles. The van der Waals surface area contributed by atoms with Crippen LogP contribution in [0, 0.1) is 0 Å². The van der Waals surface area contributed by atoms with Crippen LogP contribution in [0.25, 0.3) is 0 Å². The number of aryl methyl sites for hydroxylation is 1. The fraction of sp³-hybridized carbons (Fsp3) is 0.235. The predicted molar refractivity (Wildman–Crippen MR) is 83.6 cm³/mol. The minimum absolute atomic E-state index is 0.161. The van der Waals surface area contributed by atoms with Gasteiger partial charge in [0, 0.05) is 23.1 Å². The second kappa shape index (κ2) is 5.80. The van der Waals surface area contributed by atoms with Crippen LogP contribution in [0.3, 0.4) is 0 Å². The number of benzene rings is 2. The Bertz CT molecular complexity index is 624. The summed E-state index contributed by atoms with van der Waals surface area (Å²) in [5, 5.41) is 0. The minimum atomic E-state index is 0.161. The van der Waals surface area contributed by atoms with Gasteiger partial charge in [0.1, 0.15) is 0 Å². The van der Waals surface area contributed by atoms with E-state index in [4.69, 9.17) is 0 Å². The Morgan fingerprint density at radius 2 is 1.90 bits per heavy atom. The summed E-state index contributed by atoms with van der Waals surface area (Å²) in [4.78, 5) is 14.2. The van der Waals surface area contributed by atoms with E-state index in [0.717, 1.165) is 41.5 Å². The molecule has 2 aromatic carbocycles. The summed E-state index contributed by atoms with van der Waals surface area (Å²) in [5.74, 6) is 0.161. The first-order chi connectivity index (χ1) is 9.74. The van der Waals surface area contributed by atoms with Gasteiger partial charge < -0.3 is 4.90 Å². The minimum Gasteiger partial charge on any atom is -0.334 e. The highest BCUT2D eigenvalue weighted by atomic mass is 79.9. The lowest BCUT2D eigenvalue weighted by Crippen LogP contribution is -2.25. The lowest BCUT2D eigenvalue weighted by molar-refractivity contribution is 0.0776. The van der Waals surface area contributed by atoms with Gasteiger partial charge in [-0.2, -0.15) is 0 Å². The zero-order chi connectivity index (χ0) is 13.9. The number of fused-ring (bicyclic) bond motifs is 1. The monoisotopic (exact) mass is 329 g/mol. The maximum absolute atomic E-state index is 12.3. The highest BCUT2D eigenvalue weighted by Crippen LogP contribution is 2.26. The van der Waals surface area contributed by atoms with Crippen LogP contribution in [-0.2, 0) is 13.0 Å². The molecule has 1 aliphatic heterocycles. The number of amides is 1. The van der Waals surface area contributed by atoms with Crippen LogP contribution in [0.15, 0.2) is 53.0 Å². The van der Waals surface area contributed by atoms with Gasteiger partial charge in [0.05, 0.1) is 0 Å². The smallest absolute Gasteiger partial charge is 0.254 e. The van der Waals surface area contributed by atoms with E-state index in [-0.39, 0.29) is 5.91 Å². The van der Waals surface area contributed by atoms with Crippen LogP contribution < -0.4 is 0 Å². The number of hydrogen-bond acceptors (Lipinski definition) is 1. The number of nitrogens with zero attached hydrogens (tertiary/aromatic N) is 1. The second-order valence-corrected chi connectivity index (χ2v) is 6.03. The molecular formula is C17H16BrNO. The highest BCUT2D eigenvalue weighted by molar-refractivity contribution is 9.10. The summed E-state index contributed by atoms with van der Waals surface area (Å²) in [6.45, 7) is 1.57. The average molecular weight is 330 g/mol. The number of halogens is 1. The van der Waals surface area contributed by atoms with Gasteiger partial charge in [-0.1, -0.05) is 52.3 Å². The molecular weight excluding hydrogens is 314 g/mol. The third-order valence-corrected chi connectivity index (χ3v) is 4.18. The van der Waals surface area contributed by atoms with Gasteiger partial charge in [-0.15, -0.1) is 0 Å². The third-order valence-electron chi connectivity index (χ3n) is 3.69. The Hall–Kier alpha value is -1.61. The predicted octanol–water partition coefficient (Wildman–Crippen LogP) is 4.04. The molecule has 1 aliphatic rings. The van der Waals surface area contributed by atoms with Crippen molar-refractivity contribution in [3.8, 4) is 0 Å². The molecule has 1 heterocycles. The van der Waals surface area contributed by atoms with E-state index in [1.807, 2.05) is 29.2 Å². The van der Waals surface area contributed by atoms with E-state index in [1.165, 1.54) is 5.56 Å². The maximum Gasteiger partial charge on any atom is 0.254 e. The van der Waals surface area contributed by atoms with Crippen LogP contribution in [0.5, 0.6) is 0 Å². The van der Waals surface area contributed by atoms with Gasteiger partial charge in [-0.3, -0.25) is 4.79 Å². The molecule has 0 saturated carbocycles. The van der Waals surface area contributed by atoms with E-state index < -0.39 is 0 Å². The van der Waals surface area contributed by atoms with Gasteiger partial charge in [0.25, 0.3) is 5.91 Å². The Kier molecular flexibility index (Phi) is 3.88. The summed E-state index contributed by atoms with van der Waals surface area (Å²) in [6.07, 6.45) is 2.02. The molecule has 1 amide bonds. The van der Waals surface area contributed by atoms with Gasteiger partial charge in [-0.25, -0.2) is 0 Å². The average Bonchev–Trinajstić information content (AvgIpc) is 2.77. The molecule has 2 aromatic rings. The quantitative estimate of drug-likeness (QED) is 0.829. The molecule has 102 valence electrons. The molecule has 20 heavy (non-hydrogen) atoms. The summed E-state index contributed by atoms with van der Waals surface area (Å²) < 4.78 is 0.968. The van der Waals surface area contributed by atoms with Crippen molar-refractivity contribution in [1.29, 1.82) is 0 Å². The number of hydrogen-bond donors (Lipinski definition) is 0. The van der Waals surface area contributed by atoms with Crippen molar-refractivity contribution >= 4 is 21.8 Å². The molecule has 0 bridgehead atoms. The standard InChI is InChI=1S/C17H16BrNO/c18-15-9-8-14-12-19(17(20)16(14)11-15)10-4-7-13-5-2-1-3-6-13/h1-3,5-6,8-9,11H,4,7,10,12H2. The van der Waals surface area contributed by atoms with Crippen molar-refractivity contribution in [2.45, 2.75) is 19.4 Å². The first-order valence-corrected chi connectivity index (χ1v) is 7.65. The molecule has 3 heteroatoms. The summed E-state index contributed by atoms with van der Waals surface area (Å²) in [6, 6.07) is 16.4. The highest BCUT2D eigenvalue weighted by Gasteiger charge is 2.26. The zero-order valence-corrected chi connectivity index (χ0v) is 12.8. The molecule has 0 N–H and O–H groups in total. The molecule has 0 unspecified atom stereocenters. The molecule has 2 nitrogen and oxygen atoms in total. The van der Waals surface area contributed by atoms with Crippen LogP contribution in [0.4, 0.5) is 0 Å². The first kappa shape index (κ1) is 13.4. The van der Waals surface area contributed by atoms with Crippen LogP contribution >= 0.6 is 15.9 Å². The normalized spacial score (nSPS) is 13.7. The van der Waals surface area contributed by atoms with E-state index in [9.17, 15) is 4.79 Å². The lowest BCUT2D eigenvalue weighted by Gasteiger charge is -2.15. The Balaban J connectivity index is 1.59. The first-order valence-electron chi connectivity index (χ1n) is 6.85. The van der Waals surface area contributed by atoms with Crippen molar-refractivity contribution in [3.05, 3.63) is 69.7 Å². The van der Waals surface area contributed by atoms with Crippen molar-refractivity contribution < 1.29 is 4.79 Å². The van der Waals surface area contributed by atoms with E-state index in [1.54, 1.807) is 0 Å². The Labute approximate surface area is 127 Å². The van der Waals surface area contributed by atoms with Crippen LogP contribution in [0.1, 0.15) is 27.9 Å². The summed E-state index contributed by atoms with van der Waals surface area (Å²) in [5.41, 5.74) is 3.32. The maximum atomic E-state index is 12.3. The fourth-order valence-corrected chi connectivity index (χ4v) is 2.99. The number of carbonyl (C=O) groups is 1. The van der Waals surface area contributed by atoms with Crippen molar-refractivity contribution in [2.24, 2.45) is 0 Å². The lowest BCUT2D eigenvalue weighted by atomic mass is 10.1. The van der Waals surface area contributed by atoms with Gasteiger partial charge in [0.2, 0.25) is 0 Å². The fourth-order valence-electron chi connectivity index (χ4n) is 2.63. The van der Waals surface area contributed by atoms with Crippen molar-refractivity contribution in [3.63, 3.8) is 0 Å².